The van der Waals surface area contributed by atoms with E-state index in [-0.39, 0.29) is 13.0 Å². The number of carboxylic acids is 1. The maximum absolute atomic E-state index is 11.6. The lowest BCUT2D eigenvalue weighted by Crippen LogP contribution is -2.19. The molecule has 0 aliphatic carbocycles. The van der Waals surface area contributed by atoms with E-state index in [1.165, 1.54) is 76.7 Å². The number of esters is 1. The van der Waals surface area contributed by atoms with Gasteiger partial charge >= 0.3 is 11.9 Å². The molecule has 0 heterocycles. The van der Waals surface area contributed by atoms with Crippen LogP contribution in [0.2, 0.25) is 0 Å². The fourth-order valence-electron chi connectivity index (χ4n) is 3.35. The first kappa shape index (κ1) is 27.4. The lowest BCUT2D eigenvalue weighted by Gasteiger charge is -2.11. The summed E-state index contributed by atoms with van der Waals surface area (Å²) in [7, 11) is 0. The van der Waals surface area contributed by atoms with Crippen molar-refractivity contribution in [2.75, 3.05) is 6.61 Å². The van der Waals surface area contributed by atoms with Gasteiger partial charge in [-0.25, -0.2) is 0 Å². The largest absolute Gasteiger partial charge is 0.481 e. The topological polar surface area (TPSA) is 63.6 Å². The molecule has 0 spiro atoms. The van der Waals surface area contributed by atoms with Crippen LogP contribution in [-0.4, -0.2) is 23.7 Å². The lowest BCUT2D eigenvalue weighted by atomic mass is 9.97. The molecule has 4 nitrogen and oxygen atoms in total. The molecule has 0 rings (SSSR count). The monoisotopic (exact) mass is 408 g/mol. The summed E-state index contributed by atoms with van der Waals surface area (Å²) in [5, 5.41) is 9.24. The summed E-state index contributed by atoms with van der Waals surface area (Å²) < 4.78 is 4.88. The molecule has 0 radical (unpaired) electrons. The van der Waals surface area contributed by atoms with Crippen molar-refractivity contribution in [3.8, 4) is 0 Å². The minimum absolute atomic E-state index is 0.0439. The highest BCUT2D eigenvalue weighted by Crippen LogP contribution is 2.17. The predicted molar refractivity (Wildman–Crippen MR) is 121 cm³/mol. The molecule has 0 aromatic rings. The Bertz CT molecular complexity index is 442. The Morgan fingerprint density at radius 2 is 1.38 bits per heavy atom. The van der Waals surface area contributed by atoms with Crippen molar-refractivity contribution >= 4 is 11.9 Å². The Balaban J connectivity index is 3.48. The molecule has 0 aromatic carbocycles. The van der Waals surface area contributed by atoms with Gasteiger partial charge in [0.2, 0.25) is 0 Å². The number of rotatable bonds is 21. The third-order valence-corrected chi connectivity index (χ3v) is 5.19. The number of carboxylic acid groups (broad SMARTS) is 1. The van der Waals surface area contributed by atoms with E-state index in [0.717, 1.165) is 19.3 Å². The molecule has 0 aliphatic heterocycles. The van der Waals surface area contributed by atoms with Gasteiger partial charge < -0.3 is 9.84 Å². The fourth-order valence-corrected chi connectivity index (χ4v) is 3.35. The number of ether oxygens (including phenoxy) is 1. The molecular formula is C25H44O4. The molecule has 29 heavy (non-hydrogen) atoms. The van der Waals surface area contributed by atoms with Crippen LogP contribution < -0.4 is 0 Å². The normalized spacial score (nSPS) is 12.2. The van der Waals surface area contributed by atoms with Crippen molar-refractivity contribution in [2.24, 2.45) is 5.92 Å². The van der Waals surface area contributed by atoms with Crippen molar-refractivity contribution in [3.63, 3.8) is 0 Å². The van der Waals surface area contributed by atoms with E-state index >= 15 is 0 Å². The number of unbranched alkanes of at least 4 members (excludes halogenated alkanes) is 12. The van der Waals surface area contributed by atoms with E-state index in [0.29, 0.717) is 6.42 Å². The summed E-state index contributed by atoms with van der Waals surface area (Å²) in [6.07, 6.45) is 23.9. The molecule has 0 fully saturated rings. The molecule has 0 aliphatic rings. The van der Waals surface area contributed by atoms with Crippen molar-refractivity contribution in [3.05, 3.63) is 24.8 Å². The summed E-state index contributed by atoms with van der Waals surface area (Å²) in [5.41, 5.74) is 0. The quantitative estimate of drug-likeness (QED) is 0.124. The van der Waals surface area contributed by atoms with Crippen LogP contribution in [0.25, 0.3) is 0 Å². The van der Waals surface area contributed by atoms with Crippen LogP contribution >= 0.6 is 0 Å². The van der Waals surface area contributed by atoms with Gasteiger partial charge in [0.15, 0.2) is 0 Å². The average Bonchev–Trinajstić information content (AvgIpc) is 2.70. The van der Waals surface area contributed by atoms with Gasteiger partial charge in [-0.05, 0) is 25.7 Å². The summed E-state index contributed by atoms with van der Waals surface area (Å²) in [4.78, 5) is 22.8. The van der Waals surface area contributed by atoms with Gasteiger partial charge in [0.25, 0.3) is 0 Å². The van der Waals surface area contributed by atoms with Gasteiger partial charge in [-0.3, -0.25) is 9.59 Å². The van der Waals surface area contributed by atoms with Gasteiger partial charge in [-0.2, -0.15) is 0 Å². The molecule has 0 saturated heterocycles. The van der Waals surface area contributed by atoms with Crippen LogP contribution in [0.15, 0.2) is 24.8 Å². The maximum Gasteiger partial charge on any atom is 0.307 e. The van der Waals surface area contributed by atoms with Gasteiger partial charge in [-0.15, -0.1) is 0 Å². The van der Waals surface area contributed by atoms with Crippen molar-refractivity contribution < 1.29 is 19.4 Å². The first-order chi connectivity index (χ1) is 14.1. The molecule has 0 saturated carbocycles. The van der Waals surface area contributed by atoms with Crippen LogP contribution in [0.5, 0.6) is 0 Å². The number of hydrogen-bond donors (Lipinski definition) is 1. The highest BCUT2D eigenvalue weighted by molar-refractivity contribution is 5.78. The van der Waals surface area contributed by atoms with Gasteiger partial charge in [0, 0.05) is 0 Å². The first-order valence-corrected chi connectivity index (χ1v) is 11.8. The summed E-state index contributed by atoms with van der Waals surface area (Å²) >= 11 is 0. The van der Waals surface area contributed by atoms with Crippen LogP contribution in [0.3, 0.4) is 0 Å². The molecule has 1 atom stereocenters. The van der Waals surface area contributed by atoms with E-state index in [4.69, 9.17) is 4.74 Å². The van der Waals surface area contributed by atoms with E-state index < -0.39 is 17.9 Å². The highest BCUT2D eigenvalue weighted by Gasteiger charge is 2.21. The summed E-state index contributed by atoms with van der Waals surface area (Å²) in [6, 6.07) is 0. The maximum atomic E-state index is 11.6. The molecule has 1 N–H and O–H groups in total. The number of hydrogen-bond acceptors (Lipinski definition) is 3. The van der Waals surface area contributed by atoms with Crippen LogP contribution in [0.4, 0.5) is 0 Å². The molecule has 1 unspecified atom stereocenters. The Morgan fingerprint density at radius 1 is 0.862 bits per heavy atom. The van der Waals surface area contributed by atoms with Crippen LogP contribution in [0, 0.1) is 5.92 Å². The fraction of sp³-hybridized carbons (Fsp3) is 0.760. The van der Waals surface area contributed by atoms with E-state index in [1.807, 2.05) is 0 Å². The zero-order valence-corrected chi connectivity index (χ0v) is 18.7. The van der Waals surface area contributed by atoms with Gasteiger partial charge in [0.1, 0.15) is 6.61 Å². The Labute approximate surface area is 178 Å². The van der Waals surface area contributed by atoms with Crippen molar-refractivity contribution in [1.29, 1.82) is 0 Å². The highest BCUT2D eigenvalue weighted by atomic mass is 16.5. The standard InChI is InChI=1S/C25H44O4/c1-3-5-6-7-8-9-10-11-12-13-14-15-16-17-18-19-20-23(25(27)28)22-24(26)29-21-4-2/h4,7-8,23H,2-3,5-6,9-22H2,1H3,(H,27,28)/b8-7+. The minimum Gasteiger partial charge on any atom is -0.481 e. The molecule has 168 valence electrons. The lowest BCUT2D eigenvalue weighted by molar-refractivity contribution is -0.151. The van der Waals surface area contributed by atoms with Crippen LogP contribution in [0.1, 0.15) is 110 Å². The third kappa shape index (κ3) is 19.5. The van der Waals surface area contributed by atoms with Gasteiger partial charge in [0.05, 0.1) is 12.3 Å². The Kier molecular flexibility index (Phi) is 20.0. The number of carbonyl (C=O) groups excluding carboxylic acids is 1. The number of aliphatic carboxylic acids is 1. The van der Waals surface area contributed by atoms with Crippen molar-refractivity contribution in [1.82, 2.24) is 0 Å². The SMILES string of the molecule is C=CCOC(=O)CC(CCCCCCCCCCCC/C=C/CCCC)C(=O)O. The number of carbonyl (C=O) groups is 2. The second-order valence-electron chi connectivity index (χ2n) is 7.94. The molecule has 4 heteroatoms. The second-order valence-corrected chi connectivity index (χ2v) is 7.94. The van der Waals surface area contributed by atoms with E-state index in [2.05, 4.69) is 25.7 Å². The molecular weight excluding hydrogens is 364 g/mol. The molecule has 0 amide bonds. The van der Waals surface area contributed by atoms with Crippen molar-refractivity contribution in [2.45, 2.75) is 110 Å². The van der Waals surface area contributed by atoms with Gasteiger partial charge in [-0.1, -0.05) is 102 Å². The smallest absolute Gasteiger partial charge is 0.307 e. The molecule has 0 aromatic heterocycles. The first-order valence-electron chi connectivity index (χ1n) is 11.8. The number of allylic oxidation sites excluding steroid dienone is 2. The zero-order chi connectivity index (χ0) is 21.6. The summed E-state index contributed by atoms with van der Waals surface area (Å²) in [6.45, 7) is 5.85. The Hall–Kier alpha value is -1.58. The predicted octanol–water partition coefficient (Wildman–Crippen LogP) is 7.23. The Morgan fingerprint density at radius 3 is 1.90 bits per heavy atom. The minimum atomic E-state index is -0.906. The van der Waals surface area contributed by atoms with Crippen LogP contribution in [-0.2, 0) is 14.3 Å². The third-order valence-electron chi connectivity index (χ3n) is 5.19. The zero-order valence-electron chi connectivity index (χ0n) is 18.7. The molecule has 0 bridgehead atoms. The average molecular weight is 409 g/mol. The van der Waals surface area contributed by atoms with E-state index in [9.17, 15) is 14.7 Å². The summed E-state index contributed by atoms with van der Waals surface area (Å²) in [5.74, 6) is -1.99. The van der Waals surface area contributed by atoms with E-state index in [1.54, 1.807) is 0 Å². The second kappa shape index (κ2) is 21.1.